The van der Waals surface area contributed by atoms with E-state index in [-0.39, 0.29) is 6.42 Å². The van der Waals surface area contributed by atoms with Crippen molar-refractivity contribution in [1.29, 1.82) is 0 Å². The highest BCUT2D eigenvalue weighted by Crippen LogP contribution is 2.32. The Morgan fingerprint density at radius 2 is 1.25 bits per heavy atom. The van der Waals surface area contributed by atoms with Gasteiger partial charge in [0.15, 0.2) is 0 Å². The van der Waals surface area contributed by atoms with Crippen molar-refractivity contribution in [2.24, 2.45) is 0 Å². The molecule has 0 amide bonds. The summed E-state index contributed by atoms with van der Waals surface area (Å²) in [4.78, 5) is 23.1. The molecule has 0 unspecified atom stereocenters. The van der Waals surface area contributed by atoms with Gasteiger partial charge in [0.05, 0.1) is 0 Å². The fourth-order valence-corrected chi connectivity index (χ4v) is 2.60. The first-order valence-corrected chi connectivity index (χ1v) is 8.05. The van der Waals surface area contributed by atoms with Crippen LogP contribution in [-0.4, -0.2) is 17.7 Å². The molecule has 0 atom stereocenters. The maximum Gasteiger partial charge on any atom is 0.320 e. The van der Waals surface area contributed by atoms with Crippen LogP contribution in [0.3, 0.4) is 0 Å². The number of rotatable bonds is 10. The number of cyclic esters (lactones) is 2. The van der Waals surface area contributed by atoms with E-state index in [2.05, 4.69) is 13.8 Å². The molecule has 1 fully saturated rings. The summed E-state index contributed by atoms with van der Waals surface area (Å²) in [5.41, 5.74) is 0. The molecule has 0 aromatic carbocycles. The molecule has 0 aromatic heterocycles. The van der Waals surface area contributed by atoms with Crippen LogP contribution in [0, 0.1) is 0 Å². The summed E-state index contributed by atoms with van der Waals surface area (Å²) in [5, 5.41) is 0. The van der Waals surface area contributed by atoms with Crippen LogP contribution >= 0.6 is 0 Å². The average Bonchev–Trinajstić information content (AvgIpc) is 2.39. The maximum atomic E-state index is 11.5. The highest BCUT2D eigenvalue weighted by Gasteiger charge is 2.42. The van der Waals surface area contributed by atoms with Crippen LogP contribution in [-0.2, 0) is 19.1 Å². The lowest BCUT2D eigenvalue weighted by Crippen LogP contribution is -2.45. The Bertz CT molecular complexity index is 282. The van der Waals surface area contributed by atoms with Crippen LogP contribution in [0.15, 0.2) is 0 Å². The van der Waals surface area contributed by atoms with E-state index in [9.17, 15) is 9.59 Å². The Morgan fingerprint density at radius 1 is 0.800 bits per heavy atom. The molecule has 1 saturated heterocycles. The quantitative estimate of drug-likeness (QED) is 0.344. The zero-order valence-electron chi connectivity index (χ0n) is 12.9. The van der Waals surface area contributed by atoms with Gasteiger partial charge in [0, 0.05) is 12.8 Å². The van der Waals surface area contributed by atoms with Gasteiger partial charge in [0.1, 0.15) is 6.42 Å². The Kier molecular flexibility index (Phi) is 7.63. The fourth-order valence-electron chi connectivity index (χ4n) is 2.60. The van der Waals surface area contributed by atoms with E-state index in [0.717, 1.165) is 51.4 Å². The number of ether oxygens (including phenoxy) is 2. The number of hydrogen-bond donors (Lipinski definition) is 0. The molecular weight excluding hydrogens is 256 g/mol. The van der Waals surface area contributed by atoms with Crippen LogP contribution in [0.2, 0.25) is 0 Å². The van der Waals surface area contributed by atoms with Crippen molar-refractivity contribution >= 4 is 11.9 Å². The zero-order valence-corrected chi connectivity index (χ0v) is 12.9. The third-order valence-corrected chi connectivity index (χ3v) is 3.71. The topological polar surface area (TPSA) is 52.6 Å². The molecule has 20 heavy (non-hydrogen) atoms. The number of unbranched alkanes of at least 4 members (excludes halogenated alkanes) is 6. The summed E-state index contributed by atoms with van der Waals surface area (Å²) in [7, 11) is 0. The zero-order chi connectivity index (χ0) is 14.8. The van der Waals surface area contributed by atoms with Crippen LogP contribution in [0.25, 0.3) is 0 Å². The molecule has 1 heterocycles. The summed E-state index contributed by atoms with van der Waals surface area (Å²) in [6.07, 6.45) is 9.70. The van der Waals surface area contributed by atoms with Crippen molar-refractivity contribution in [3.05, 3.63) is 0 Å². The van der Waals surface area contributed by atoms with E-state index in [4.69, 9.17) is 9.47 Å². The van der Waals surface area contributed by atoms with Crippen molar-refractivity contribution in [2.75, 3.05) is 0 Å². The molecule has 0 spiro atoms. The van der Waals surface area contributed by atoms with Gasteiger partial charge in [-0.05, 0) is 12.8 Å². The lowest BCUT2D eigenvalue weighted by molar-refractivity contribution is -0.249. The van der Waals surface area contributed by atoms with Gasteiger partial charge in [-0.1, -0.05) is 52.4 Å². The number of carbonyl (C=O) groups excluding carboxylic acids is 2. The SMILES string of the molecule is CCCCCCC1(CCCCCC)OC(=O)CC(=O)O1. The van der Waals surface area contributed by atoms with Crippen LogP contribution < -0.4 is 0 Å². The van der Waals surface area contributed by atoms with Crippen molar-refractivity contribution < 1.29 is 19.1 Å². The summed E-state index contributed by atoms with van der Waals surface area (Å²) < 4.78 is 10.8. The minimum Gasteiger partial charge on any atom is -0.422 e. The van der Waals surface area contributed by atoms with Crippen LogP contribution in [0.4, 0.5) is 0 Å². The summed E-state index contributed by atoms with van der Waals surface area (Å²) in [6.45, 7) is 4.31. The maximum absolute atomic E-state index is 11.5. The van der Waals surface area contributed by atoms with Gasteiger partial charge < -0.3 is 9.47 Å². The molecule has 0 saturated carbocycles. The van der Waals surface area contributed by atoms with Crippen LogP contribution in [0.5, 0.6) is 0 Å². The lowest BCUT2D eigenvalue weighted by atomic mass is 9.99. The second-order valence-corrected chi connectivity index (χ2v) is 5.66. The molecule has 0 bridgehead atoms. The molecule has 0 radical (unpaired) electrons. The second kappa shape index (κ2) is 8.98. The highest BCUT2D eigenvalue weighted by molar-refractivity contribution is 5.93. The van der Waals surface area contributed by atoms with E-state index >= 15 is 0 Å². The summed E-state index contributed by atoms with van der Waals surface area (Å²) in [6, 6.07) is 0. The molecule has 0 aromatic rings. The van der Waals surface area contributed by atoms with Gasteiger partial charge >= 0.3 is 11.9 Å². The van der Waals surface area contributed by atoms with Crippen LogP contribution in [0.1, 0.15) is 84.5 Å². The minimum atomic E-state index is -0.978. The smallest absolute Gasteiger partial charge is 0.320 e. The van der Waals surface area contributed by atoms with Gasteiger partial charge in [-0.2, -0.15) is 0 Å². The first-order chi connectivity index (χ1) is 9.62. The molecule has 1 aliphatic heterocycles. The molecule has 4 heteroatoms. The molecule has 0 aliphatic carbocycles. The third kappa shape index (κ3) is 5.93. The summed E-state index contributed by atoms with van der Waals surface area (Å²) in [5.74, 6) is -1.85. The molecular formula is C16H28O4. The van der Waals surface area contributed by atoms with Crippen molar-refractivity contribution in [1.82, 2.24) is 0 Å². The van der Waals surface area contributed by atoms with Crippen molar-refractivity contribution in [3.63, 3.8) is 0 Å². The summed E-state index contributed by atoms with van der Waals surface area (Å²) >= 11 is 0. The van der Waals surface area contributed by atoms with Gasteiger partial charge in [-0.25, -0.2) is 0 Å². The Balaban J connectivity index is 2.52. The van der Waals surface area contributed by atoms with E-state index in [1.165, 1.54) is 0 Å². The monoisotopic (exact) mass is 284 g/mol. The van der Waals surface area contributed by atoms with Crippen molar-refractivity contribution in [3.8, 4) is 0 Å². The van der Waals surface area contributed by atoms with E-state index in [0.29, 0.717) is 12.8 Å². The minimum absolute atomic E-state index is 0.244. The molecule has 0 N–H and O–H groups in total. The second-order valence-electron chi connectivity index (χ2n) is 5.66. The fraction of sp³-hybridized carbons (Fsp3) is 0.875. The normalized spacial score (nSPS) is 17.7. The Morgan fingerprint density at radius 3 is 1.65 bits per heavy atom. The number of carbonyl (C=O) groups is 2. The van der Waals surface area contributed by atoms with Gasteiger partial charge in [-0.15, -0.1) is 0 Å². The largest absolute Gasteiger partial charge is 0.422 e. The average molecular weight is 284 g/mol. The number of esters is 2. The predicted octanol–water partition coefficient (Wildman–Crippen LogP) is 4.11. The Labute approximate surface area is 122 Å². The first kappa shape index (κ1) is 17.0. The number of hydrogen-bond acceptors (Lipinski definition) is 4. The molecule has 1 rings (SSSR count). The van der Waals surface area contributed by atoms with E-state index in [1.54, 1.807) is 0 Å². The highest BCUT2D eigenvalue weighted by atomic mass is 16.7. The van der Waals surface area contributed by atoms with Crippen molar-refractivity contribution in [2.45, 2.75) is 90.3 Å². The van der Waals surface area contributed by atoms with Gasteiger partial charge in [0.25, 0.3) is 5.79 Å². The lowest BCUT2D eigenvalue weighted by Gasteiger charge is -2.36. The van der Waals surface area contributed by atoms with Gasteiger partial charge in [0.2, 0.25) is 0 Å². The van der Waals surface area contributed by atoms with E-state index in [1.807, 2.05) is 0 Å². The standard InChI is InChI=1S/C16H28O4/c1-3-5-7-9-11-16(12-10-8-6-4-2)19-14(17)13-15(18)20-16/h3-13H2,1-2H3. The predicted molar refractivity (Wildman–Crippen MR) is 77.1 cm³/mol. The van der Waals surface area contributed by atoms with Gasteiger partial charge in [-0.3, -0.25) is 9.59 Å². The molecule has 116 valence electrons. The third-order valence-electron chi connectivity index (χ3n) is 3.71. The molecule has 4 nitrogen and oxygen atoms in total. The molecule has 1 aliphatic rings. The van der Waals surface area contributed by atoms with E-state index < -0.39 is 17.7 Å². The first-order valence-electron chi connectivity index (χ1n) is 8.05. The Hall–Kier alpha value is -1.06.